The molecule has 0 spiro atoms. The zero-order chi connectivity index (χ0) is 17.2. The number of piperidine rings is 1. The number of nitrogens with zero attached hydrogens (tertiary/aromatic N) is 2. The largest absolute Gasteiger partial charge is 0.332 e. The van der Waals surface area contributed by atoms with Gasteiger partial charge in [-0.1, -0.05) is 12.1 Å². The molecule has 128 valence electrons. The Bertz CT molecular complexity index is 857. The van der Waals surface area contributed by atoms with E-state index in [1.165, 1.54) is 12.1 Å². The van der Waals surface area contributed by atoms with Crippen molar-refractivity contribution in [2.45, 2.75) is 25.3 Å². The number of amides is 1. The second-order valence-corrected chi connectivity index (χ2v) is 7.16. The molecule has 4 nitrogen and oxygen atoms in total. The first-order valence-corrected chi connectivity index (χ1v) is 9.24. The second kappa shape index (κ2) is 6.80. The highest BCUT2D eigenvalue weighted by molar-refractivity contribution is 7.13. The lowest BCUT2D eigenvalue weighted by Gasteiger charge is -2.36. The molecule has 1 fully saturated rings. The number of halogens is 1. The SMILES string of the molecule is O=C(c1csc(-c2cn[nH]c2)c1)N1CCCCC1c1ccc(F)cc1. The molecule has 1 saturated heterocycles. The molecular weight excluding hydrogens is 337 g/mol. The average Bonchev–Trinajstić information content (AvgIpc) is 3.33. The summed E-state index contributed by atoms with van der Waals surface area (Å²) in [5, 5.41) is 8.65. The number of benzene rings is 1. The van der Waals surface area contributed by atoms with E-state index in [0.717, 1.165) is 41.8 Å². The second-order valence-electron chi connectivity index (χ2n) is 6.25. The van der Waals surface area contributed by atoms with Crippen LogP contribution in [-0.2, 0) is 0 Å². The lowest BCUT2D eigenvalue weighted by molar-refractivity contribution is 0.0612. The third-order valence-corrected chi connectivity index (χ3v) is 5.63. The van der Waals surface area contributed by atoms with Gasteiger partial charge in [0.05, 0.1) is 17.8 Å². The highest BCUT2D eigenvalue weighted by Crippen LogP contribution is 2.34. The maximum Gasteiger partial charge on any atom is 0.255 e. The summed E-state index contributed by atoms with van der Waals surface area (Å²) in [6, 6.07) is 8.45. The van der Waals surface area contributed by atoms with Crippen LogP contribution in [0.25, 0.3) is 10.4 Å². The summed E-state index contributed by atoms with van der Waals surface area (Å²) in [6.07, 6.45) is 6.57. The number of hydrogen-bond donors (Lipinski definition) is 1. The lowest BCUT2D eigenvalue weighted by atomic mass is 9.94. The summed E-state index contributed by atoms with van der Waals surface area (Å²) >= 11 is 1.54. The number of aromatic nitrogens is 2. The van der Waals surface area contributed by atoms with Gasteiger partial charge in [0.1, 0.15) is 5.82 Å². The van der Waals surface area contributed by atoms with Crippen molar-refractivity contribution in [3.63, 3.8) is 0 Å². The average molecular weight is 355 g/mol. The molecule has 0 radical (unpaired) electrons. The normalized spacial score (nSPS) is 17.6. The summed E-state index contributed by atoms with van der Waals surface area (Å²) in [5.41, 5.74) is 2.69. The van der Waals surface area contributed by atoms with E-state index in [4.69, 9.17) is 0 Å². The third-order valence-electron chi connectivity index (χ3n) is 4.65. The minimum Gasteiger partial charge on any atom is -0.332 e. The van der Waals surface area contributed by atoms with Crippen molar-refractivity contribution in [3.8, 4) is 10.4 Å². The number of thiophene rings is 1. The van der Waals surface area contributed by atoms with Gasteiger partial charge >= 0.3 is 0 Å². The molecular formula is C19H18FN3OS. The summed E-state index contributed by atoms with van der Waals surface area (Å²) < 4.78 is 13.2. The number of nitrogens with one attached hydrogen (secondary N) is 1. The van der Waals surface area contributed by atoms with Gasteiger partial charge in [0.15, 0.2) is 0 Å². The van der Waals surface area contributed by atoms with Crippen molar-refractivity contribution in [3.05, 3.63) is 65.0 Å². The van der Waals surface area contributed by atoms with Crippen LogP contribution in [-0.4, -0.2) is 27.5 Å². The molecule has 1 atom stereocenters. The number of hydrogen-bond acceptors (Lipinski definition) is 3. The van der Waals surface area contributed by atoms with E-state index in [1.807, 2.05) is 22.5 Å². The molecule has 0 aliphatic carbocycles. The standard InChI is InChI=1S/C19H18FN3OS/c20-16-6-4-13(5-7-16)17-3-1-2-8-23(17)19(24)14-9-18(25-12-14)15-10-21-22-11-15/h4-7,9-12,17H,1-3,8H2,(H,21,22). The van der Waals surface area contributed by atoms with Crippen LogP contribution in [0.5, 0.6) is 0 Å². The van der Waals surface area contributed by atoms with E-state index < -0.39 is 0 Å². The molecule has 1 unspecified atom stereocenters. The van der Waals surface area contributed by atoms with E-state index in [2.05, 4.69) is 10.2 Å². The molecule has 4 rings (SSSR count). The fourth-order valence-corrected chi connectivity index (χ4v) is 4.22. The molecule has 3 aromatic rings. The van der Waals surface area contributed by atoms with E-state index in [0.29, 0.717) is 5.56 Å². The molecule has 1 aliphatic rings. The summed E-state index contributed by atoms with van der Waals surface area (Å²) in [6.45, 7) is 0.734. The lowest BCUT2D eigenvalue weighted by Crippen LogP contribution is -2.38. The van der Waals surface area contributed by atoms with Gasteiger partial charge in [-0.25, -0.2) is 4.39 Å². The Kier molecular flexibility index (Phi) is 4.36. The minimum atomic E-state index is -0.250. The quantitative estimate of drug-likeness (QED) is 0.744. The highest BCUT2D eigenvalue weighted by atomic mass is 32.1. The van der Waals surface area contributed by atoms with Crippen molar-refractivity contribution in [2.24, 2.45) is 0 Å². The zero-order valence-corrected chi connectivity index (χ0v) is 14.4. The Labute approximate surface area is 149 Å². The third kappa shape index (κ3) is 3.22. The van der Waals surface area contributed by atoms with Crippen molar-refractivity contribution in [1.29, 1.82) is 0 Å². The van der Waals surface area contributed by atoms with Crippen molar-refractivity contribution in [1.82, 2.24) is 15.1 Å². The molecule has 1 aliphatic heterocycles. The molecule has 3 heterocycles. The monoisotopic (exact) mass is 355 g/mol. The van der Waals surface area contributed by atoms with E-state index in [9.17, 15) is 9.18 Å². The summed E-state index contributed by atoms with van der Waals surface area (Å²) in [4.78, 5) is 16.0. The number of H-pyrrole nitrogens is 1. The molecule has 1 N–H and O–H groups in total. The van der Waals surface area contributed by atoms with Crippen LogP contribution >= 0.6 is 11.3 Å². The molecule has 0 bridgehead atoms. The van der Waals surface area contributed by atoms with Gasteiger partial charge in [-0.05, 0) is 43.0 Å². The van der Waals surface area contributed by atoms with Crippen molar-refractivity contribution in [2.75, 3.05) is 6.54 Å². The Morgan fingerprint density at radius 3 is 2.88 bits per heavy atom. The predicted octanol–water partition coefficient (Wildman–Crippen LogP) is 4.64. The number of aromatic amines is 1. The van der Waals surface area contributed by atoms with Gasteiger partial charge in [-0.3, -0.25) is 9.89 Å². The molecule has 1 amide bonds. The van der Waals surface area contributed by atoms with Crippen LogP contribution in [0.15, 0.2) is 48.1 Å². The van der Waals surface area contributed by atoms with E-state index in [-0.39, 0.29) is 17.8 Å². The fourth-order valence-electron chi connectivity index (χ4n) is 3.36. The molecule has 2 aromatic heterocycles. The first kappa shape index (κ1) is 16.0. The Morgan fingerprint density at radius 1 is 1.28 bits per heavy atom. The molecule has 25 heavy (non-hydrogen) atoms. The van der Waals surface area contributed by atoms with Crippen LogP contribution in [0, 0.1) is 5.82 Å². The van der Waals surface area contributed by atoms with Gasteiger partial charge in [0.2, 0.25) is 0 Å². The Balaban J connectivity index is 1.60. The predicted molar refractivity (Wildman–Crippen MR) is 95.9 cm³/mol. The number of rotatable bonds is 3. The van der Waals surface area contributed by atoms with Gasteiger partial charge in [0, 0.05) is 28.6 Å². The van der Waals surface area contributed by atoms with Gasteiger partial charge in [0.25, 0.3) is 5.91 Å². The number of likely N-dealkylation sites (tertiary alicyclic amines) is 1. The number of carbonyl (C=O) groups is 1. The zero-order valence-electron chi connectivity index (χ0n) is 13.6. The summed E-state index contributed by atoms with van der Waals surface area (Å²) in [7, 11) is 0. The first-order valence-electron chi connectivity index (χ1n) is 8.36. The van der Waals surface area contributed by atoms with E-state index in [1.54, 1.807) is 29.7 Å². The minimum absolute atomic E-state index is 0.0131. The van der Waals surface area contributed by atoms with Crippen LogP contribution in [0.4, 0.5) is 4.39 Å². The van der Waals surface area contributed by atoms with Gasteiger partial charge in [-0.2, -0.15) is 5.10 Å². The topological polar surface area (TPSA) is 49.0 Å². The van der Waals surface area contributed by atoms with Crippen LogP contribution < -0.4 is 0 Å². The molecule has 1 aromatic carbocycles. The van der Waals surface area contributed by atoms with Crippen LogP contribution in [0.2, 0.25) is 0 Å². The maximum absolute atomic E-state index is 13.2. The Morgan fingerprint density at radius 2 is 2.12 bits per heavy atom. The molecule has 0 saturated carbocycles. The molecule has 6 heteroatoms. The highest BCUT2D eigenvalue weighted by Gasteiger charge is 2.29. The first-order chi connectivity index (χ1) is 12.2. The van der Waals surface area contributed by atoms with Crippen LogP contribution in [0.1, 0.15) is 41.2 Å². The van der Waals surface area contributed by atoms with Gasteiger partial charge in [-0.15, -0.1) is 11.3 Å². The number of carbonyl (C=O) groups excluding carboxylic acids is 1. The van der Waals surface area contributed by atoms with E-state index >= 15 is 0 Å². The van der Waals surface area contributed by atoms with Gasteiger partial charge < -0.3 is 4.90 Å². The van der Waals surface area contributed by atoms with Crippen LogP contribution in [0.3, 0.4) is 0 Å². The summed E-state index contributed by atoms with van der Waals surface area (Å²) in [5.74, 6) is -0.208. The smallest absolute Gasteiger partial charge is 0.255 e. The Hall–Kier alpha value is -2.47. The fraction of sp³-hybridized carbons (Fsp3) is 0.263. The maximum atomic E-state index is 13.2. The van der Waals surface area contributed by atoms with Crippen molar-refractivity contribution < 1.29 is 9.18 Å². The van der Waals surface area contributed by atoms with Crippen molar-refractivity contribution >= 4 is 17.2 Å².